The van der Waals surface area contributed by atoms with Crippen molar-refractivity contribution in [2.24, 2.45) is 5.92 Å². The molecule has 3 rings (SSSR count). The van der Waals surface area contributed by atoms with Crippen molar-refractivity contribution in [3.8, 4) is 0 Å². The van der Waals surface area contributed by atoms with Crippen molar-refractivity contribution in [2.75, 3.05) is 25.0 Å². The highest BCUT2D eigenvalue weighted by Gasteiger charge is 2.14. The topological polar surface area (TPSA) is 89.8 Å². The van der Waals surface area contributed by atoms with Gasteiger partial charge in [0.15, 0.2) is 0 Å². The summed E-state index contributed by atoms with van der Waals surface area (Å²) < 4.78 is 0. The molecule has 6 nitrogen and oxygen atoms in total. The number of aromatic nitrogens is 2. The average Bonchev–Trinajstić information content (AvgIpc) is 2.50. The zero-order valence-corrected chi connectivity index (χ0v) is 11.2. The number of anilines is 1. The Morgan fingerprint density at radius 1 is 1.10 bits per heavy atom. The molecule has 0 aliphatic carbocycles. The molecule has 0 spiro atoms. The molecule has 4 N–H and O–H groups in total. The Labute approximate surface area is 115 Å². The molecule has 0 radical (unpaired) electrons. The lowest BCUT2D eigenvalue weighted by Gasteiger charge is -2.23. The Morgan fingerprint density at radius 3 is 2.65 bits per heavy atom. The molecular formula is C14H18N4O2. The molecule has 6 heteroatoms. The van der Waals surface area contributed by atoms with Crippen molar-refractivity contribution >= 4 is 16.5 Å². The average molecular weight is 274 g/mol. The molecule has 1 aromatic heterocycles. The second-order valence-corrected chi connectivity index (χ2v) is 5.21. The van der Waals surface area contributed by atoms with Gasteiger partial charge in [0, 0.05) is 12.2 Å². The van der Waals surface area contributed by atoms with E-state index in [2.05, 4.69) is 20.8 Å². The fraction of sp³-hybridized carbons (Fsp3) is 0.429. The third-order valence-electron chi connectivity index (χ3n) is 3.87. The van der Waals surface area contributed by atoms with Gasteiger partial charge in [0.05, 0.1) is 10.8 Å². The molecule has 1 aliphatic heterocycles. The number of hydrogen-bond acceptors (Lipinski definition) is 4. The highest BCUT2D eigenvalue weighted by molar-refractivity contribution is 5.92. The maximum absolute atomic E-state index is 11.9. The van der Waals surface area contributed by atoms with Crippen LogP contribution in [0.4, 0.5) is 5.69 Å². The van der Waals surface area contributed by atoms with Gasteiger partial charge >= 0.3 is 0 Å². The summed E-state index contributed by atoms with van der Waals surface area (Å²) in [5.74, 6) is 0.604. The Kier molecular flexibility index (Phi) is 3.56. The lowest BCUT2D eigenvalue weighted by molar-refractivity contribution is 0.390. The van der Waals surface area contributed by atoms with E-state index in [0.29, 0.717) is 16.7 Å². The van der Waals surface area contributed by atoms with Gasteiger partial charge in [-0.2, -0.15) is 0 Å². The van der Waals surface area contributed by atoms with Crippen LogP contribution >= 0.6 is 0 Å². The van der Waals surface area contributed by atoms with Crippen molar-refractivity contribution in [3.05, 3.63) is 38.9 Å². The number of H-pyrrole nitrogens is 2. The van der Waals surface area contributed by atoms with Crippen LogP contribution in [0.15, 0.2) is 27.8 Å². The van der Waals surface area contributed by atoms with Crippen LogP contribution in [0.5, 0.6) is 0 Å². The summed E-state index contributed by atoms with van der Waals surface area (Å²) in [4.78, 5) is 23.7. The predicted octanol–water partition coefficient (Wildman–Crippen LogP) is 0.628. The van der Waals surface area contributed by atoms with Crippen molar-refractivity contribution < 1.29 is 0 Å². The Balaban J connectivity index is 1.89. The van der Waals surface area contributed by atoms with Gasteiger partial charge in [0.2, 0.25) is 0 Å². The molecular weight excluding hydrogens is 256 g/mol. The summed E-state index contributed by atoms with van der Waals surface area (Å²) in [6.45, 7) is 2.91. The maximum atomic E-state index is 11.9. The van der Waals surface area contributed by atoms with E-state index in [9.17, 15) is 9.59 Å². The fourth-order valence-corrected chi connectivity index (χ4v) is 2.72. The van der Waals surface area contributed by atoms with Gasteiger partial charge in [-0.3, -0.25) is 19.8 Å². The predicted molar refractivity (Wildman–Crippen MR) is 79.3 cm³/mol. The van der Waals surface area contributed by atoms with E-state index in [4.69, 9.17) is 0 Å². The number of benzene rings is 1. The molecule has 0 bridgehead atoms. The van der Waals surface area contributed by atoms with Crippen LogP contribution in [0, 0.1) is 5.92 Å². The van der Waals surface area contributed by atoms with Crippen LogP contribution in [0.2, 0.25) is 0 Å². The van der Waals surface area contributed by atoms with Gasteiger partial charge in [0.25, 0.3) is 11.1 Å². The highest BCUT2D eigenvalue weighted by atomic mass is 16.1. The molecule has 1 aromatic carbocycles. The standard InChI is InChI=1S/C14H18N4O2/c19-13-10-2-1-3-11(12(10)14(20)18-17-13)16-8-9-4-6-15-7-5-9/h1-3,9,15-16H,4-8H2,(H,17,19)(H,18,20). The zero-order chi connectivity index (χ0) is 13.9. The molecule has 20 heavy (non-hydrogen) atoms. The van der Waals surface area contributed by atoms with E-state index in [1.165, 1.54) is 0 Å². The second-order valence-electron chi connectivity index (χ2n) is 5.21. The van der Waals surface area contributed by atoms with Gasteiger partial charge in [0.1, 0.15) is 0 Å². The summed E-state index contributed by atoms with van der Waals surface area (Å²) >= 11 is 0. The number of aromatic amines is 2. The van der Waals surface area contributed by atoms with E-state index >= 15 is 0 Å². The fourth-order valence-electron chi connectivity index (χ4n) is 2.72. The van der Waals surface area contributed by atoms with Crippen LogP contribution in [-0.4, -0.2) is 29.8 Å². The van der Waals surface area contributed by atoms with E-state index < -0.39 is 0 Å². The van der Waals surface area contributed by atoms with Crippen molar-refractivity contribution in [1.82, 2.24) is 15.5 Å². The Morgan fingerprint density at radius 2 is 1.85 bits per heavy atom. The quantitative estimate of drug-likeness (QED) is 0.661. The minimum Gasteiger partial charge on any atom is -0.384 e. The summed E-state index contributed by atoms with van der Waals surface area (Å²) in [7, 11) is 0. The smallest absolute Gasteiger partial charge is 0.272 e. The van der Waals surface area contributed by atoms with Gasteiger partial charge < -0.3 is 10.6 Å². The van der Waals surface area contributed by atoms with Crippen LogP contribution in [0.25, 0.3) is 10.8 Å². The minimum atomic E-state index is -0.273. The lowest BCUT2D eigenvalue weighted by atomic mass is 9.98. The molecule has 0 unspecified atom stereocenters. The summed E-state index contributed by atoms with van der Waals surface area (Å²) in [5, 5.41) is 12.2. The Bertz CT molecular complexity index is 713. The van der Waals surface area contributed by atoms with Crippen molar-refractivity contribution in [3.63, 3.8) is 0 Å². The Hall–Kier alpha value is -2.08. The number of piperidine rings is 1. The molecule has 2 heterocycles. The van der Waals surface area contributed by atoms with Crippen LogP contribution < -0.4 is 21.8 Å². The zero-order valence-electron chi connectivity index (χ0n) is 11.2. The summed E-state index contributed by atoms with van der Waals surface area (Å²) in [6, 6.07) is 5.30. The van der Waals surface area contributed by atoms with E-state index in [0.717, 1.165) is 38.2 Å². The second kappa shape index (κ2) is 5.50. The van der Waals surface area contributed by atoms with E-state index in [1.54, 1.807) is 12.1 Å². The molecule has 2 aromatic rings. The minimum absolute atomic E-state index is 0.270. The molecule has 0 saturated carbocycles. The maximum Gasteiger partial charge on any atom is 0.272 e. The monoisotopic (exact) mass is 274 g/mol. The third-order valence-corrected chi connectivity index (χ3v) is 3.87. The molecule has 1 saturated heterocycles. The third kappa shape index (κ3) is 2.46. The van der Waals surface area contributed by atoms with E-state index in [1.807, 2.05) is 6.07 Å². The molecule has 106 valence electrons. The molecule has 1 fully saturated rings. The largest absolute Gasteiger partial charge is 0.384 e. The van der Waals surface area contributed by atoms with Gasteiger partial charge in [-0.15, -0.1) is 0 Å². The SMILES string of the molecule is O=c1[nH][nH]c(=O)c2c(NCC3CCNCC3)cccc12. The summed E-state index contributed by atoms with van der Waals surface area (Å²) in [5.41, 5.74) is 0.187. The molecule has 0 amide bonds. The van der Waals surface area contributed by atoms with Gasteiger partial charge in [-0.05, 0) is 44.0 Å². The first-order valence-electron chi connectivity index (χ1n) is 6.94. The molecule has 0 atom stereocenters. The first-order valence-corrected chi connectivity index (χ1v) is 6.94. The van der Waals surface area contributed by atoms with Crippen molar-refractivity contribution in [1.29, 1.82) is 0 Å². The highest BCUT2D eigenvalue weighted by Crippen LogP contribution is 2.19. The number of hydrogen-bond donors (Lipinski definition) is 4. The van der Waals surface area contributed by atoms with E-state index in [-0.39, 0.29) is 11.1 Å². The van der Waals surface area contributed by atoms with Crippen LogP contribution in [0.3, 0.4) is 0 Å². The first-order chi connectivity index (χ1) is 9.75. The number of nitrogens with one attached hydrogen (secondary N) is 4. The number of fused-ring (bicyclic) bond motifs is 1. The molecule has 1 aliphatic rings. The first kappa shape index (κ1) is 12.9. The van der Waals surface area contributed by atoms with Crippen molar-refractivity contribution in [2.45, 2.75) is 12.8 Å². The van der Waals surface area contributed by atoms with Crippen LogP contribution in [0.1, 0.15) is 12.8 Å². The lowest BCUT2D eigenvalue weighted by Crippen LogP contribution is -2.31. The van der Waals surface area contributed by atoms with Gasteiger partial charge in [-0.25, -0.2) is 0 Å². The van der Waals surface area contributed by atoms with Crippen LogP contribution in [-0.2, 0) is 0 Å². The number of rotatable bonds is 3. The normalized spacial score (nSPS) is 16.4. The summed E-state index contributed by atoms with van der Waals surface area (Å²) in [6.07, 6.45) is 2.27. The van der Waals surface area contributed by atoms with Gasteiger partial charge in [-0.1, -0.05) is 6.07 Å².